The van der Waals surface area contributed by atoms with Crippen molar-refractivity contribution in [3.63, 3.8) is 0 Å². The summed E-state index contributed by atoms with van der Waals surface area (Å²) in [5, 5.41) is 3.02. The minimum absolute atomic E-state index is 0.0609. The third-order valence-electron chi connectivity index (χ3n) is 5.52. The van der Waals surface area contributed by atoms with Gasteiger partial charge in [0.15, 0.2) is 0 Å². The fourth-order valence-corrected chi connectivity index (χ4v) is 4.78. The summed E-state index contributed by atoms with van der Waals surface area (Å²) in [5.41, 5.74) is -0.821. The number of rotatable bonds is 5. The Kier molecular flexibility index (Phi) is 5.67. The Balaban J connectivity index is 1.98. The van der Waals surface area contributed by atoms with Gasteiger partial charge in [0.2, 0.25) is 21.8 Å². The number of sulfonamides is 1. The first-order valence-corrected chi connectivity index (χ1v) is 11.2. The van der Waals surface area contributed by atoms with Gasteiger partial charge in [0, 0.05) is 18.3 Å². The molecule has 0 radical (unpaired) electrons. The second-order valence-electron chi connectivity index (χ2n) is 7.69. The van der Waals surface area contributed by atoms with Crippen LogP contribution >= 0.6 is 0 Å². The Hall–Kier alpha value is -2.13. The molecule has 0 unspecified atom stereocenters. The maximum absolute atomic E-state index is 13.2. The van der Waals surface area contributed by atoms with Crippen molar-refractivity contribution in [1.82, 2.24) is 9.62 Å². The molecule has 1 N–H and O–H groups in total. The number of methoxy groups -OCH3 is 1. The molecule has 1 aliphatic carbocycles. The highest BCUT2D eigenvalue weighted by Gasteiger charge is 2.50. The molecule has 1 aromatic rings. The zero-order valence-electron chi connectivity index (χ0n) is 16.5. The number of anilines is 1. The highest BCUT2D eigenvalue weighted by Crippen LogP contribution is 2.32. The summed E-state index contributed by atoms with van der Waals surface area (Å²) in [7, 11) is -2.08. The van der Waals surface area contributed by atoms with E-state index in [4.69, 9.17) is 4.74 Å². The van der Waals surface area contributed by atoms with Crippen molar-refractivity contribution >= 4 is 27.5 Å². The number of piperazine rings is 1. The third kappa shape index (κ3) is 4.00. The van der Waals surface area contributed by atoms with Crippen molar-refractivity contribution in [3.05, 3.63) is 24.3 Å². The lowest BCUT2D eigenvalue weighted by Crippen LogP contribution is -2.70. The van der Waals surface area contributed by atoms with E-state index in [0.29, 0.717) is 11.4 Å². The molecule has 2 fully saturated rings. The van der Waals surface area contributed by atoms with Crippen LogP contribution in [0.15, 0.2) is 24.3 Å². The smallest absolute Gasteiger partial charge is 0.247 e. The topological polar surface area (TPSA) is 96.0 Å². The van der Waals surface area contributed by atoms with Crippen molar-refractivity contribution in [2.75, 3.05) is 31.4 Å². The van der Waals surface area contributed by atoms with Crippen molar-refractivity contribution in [1.29, 1.82) is 0 Å². The maximum Gasteiger partial charge on any atom is 0.247 e. The van der Waals surface area contributed by atoms with E-state index in [9.17, 15) is 18.0 Å². The van der Waals surface area contributed by atoms with Crippen LogP contribution in [-0.2, 0) is 19.6 Å². The Bertz CT molecular complexity index is 849. The molecule has 1 saturated carbocycles. The minimum Gasteiger partial charge on any atom is -0.497 e. The second-order valence-corrected chi connectivity index (χ2v) is 9.67. The predicted molar refractivity (Wildman–Crippen MR) is 106 cm³/mol. The van der Waals surface area contributed by atoms with Crippen LogP contribution in [0.4, 0.5) is 5.69 Å². The number of nitrogens with one attached hydrogen (secondary N) is 1. The minimum atomic E-state index is -3.62. The van der Waals surface area contributed by atoms with Gasteiger partial charge >= 0.3 is 0 Å². The lowest BCUT2D eigenvalue weighted by molar-refractivity contribution is -0.133. The summed E-state index contributed by atoms with van der Waals surface area (Å²) in [6.07, 6.45) is 4.96. The number of amides is 2. The second kappa shape index (κ2) is 7.71. The van der Waals surface area contributed by atoms with Gasteiger partial charge in [-0.25, -0.2) is 8.42 Å². The monoisotopic (exact) mass is 409 g/mol. The van der Waals surface area contributed by atoms with Gasteiger partial charge in [-0.3, -0.25) is 14.5 Å². The summed E-state index contributed by atoms with van der Waals surface area (Å²) in [6.45, 7) is 1.23. The normalized spacial score (nSPS) is 24.4. The van der Waals surface area contributed by atoms with Crippen molar-refractivity contribution in [3.8, 4) is 5.75 Å². The van der Waals surface area contributed by atoms with Crippen LogP contribution in [0.3, 0.4) is 0 Å². The summed E-state index contributed by atoms with van der Waals surface area (Å²) >= 11 is 0. The number of carbonyl (C=O) groups excluding carboxylic acids is 2. The first kappa shape index (κ1) is 20.6. The molecule has 2 amide bonds. The van der Waals surface area contributed by atoms with Gasteiger partial charge < -0.3 is 10.1 Å². The average Bonchev–Trinajstić information content (AvgIpc) is 3.14. The summed E-state index contributed by atoms with van der Waals surface area (Å²) in [6, 6.07) is 6.88. The van der Waals surface area contributed by atoms with E-state index in [0.717, 1.165) is 36.2 Å². The molecule has 1 atom stereocenters. The Morgan fingerprint density at radius 2 is 1.82 bits per heavy atom. The molecule has 0 spiro atoms. The highest BCUT2D eigenvalue weighted by molar-refractivity contribution is 7.88. The molecule has 1 heterocycles. The van der Waals surface area contributed by atoms with E-state index in [-0.39, 0.29) is 25.0 Å². The molecule has 0 aromatic heterocycles. The number of hydrogen-bond donors (Lipinski definition) is 1. The van der Waals surface area contributed by atoms with Crippen molar-refractivity contribution in [2.24, 2.45) is 0 Å². The van der Waals surface area contributed by atoms with E-state index in [1.807, 2.05) is 0 Å². The molecular weight excluding hydrogens is 382 g/mol. The molecule has 1 saturated heterocycles. The van der Waals surface area contributed by atoms with Crippen LogP contribution < -0.4 is 15.0 Å². The molecule has 0 bridgehead atoms. The molecular formula is C19H27N3O5S. The molecule has 8 nitrogen and oxygen atoms in total. The molecule has 9 heteroatoms. The average molecular weight is 410 g/mol. The van der Waals surface area contributed by atoms with Crippen LogP contribution in [0.1, 0.15) is 32.6 Å². The summed E-state index contributed by atoms with van der Waals surface area (Å²) < 4.78 is 30.5. The van der Waals surface area contributed by atoms with Gasteiger partial charge in [-0.1, -0.05) is 12.8 Å². The summed E-state index contributed by atoms with van der Waals surface area (Å²) in [4.78, 5) is 27.6. The maximum atomic E-state index is 13.2. The first-order chi connectivity index (χ1) is 13.1. The molecule has 3 rings (SSSR count). The summed E-state index contributed by atoms with van der Waals surface area (Å²) in [5.74, 6) is -0.147. The zero-order valence-corrected chi connectivity index (χ0v) is 17.3. The fourth-order valence-electron chi connectivity index (χ4n) is 3.95. The first-order valence-electron chi connectivity index (χ1n) is 9.38. The molecule has 28 heavy (non-hydrogen) atoms. The van der Waals surface area contributed by atoms with Gasteiger partial charge in [0.05, 0.1) is 19.9 Å². The highest BCUT2D eigenvalue weighted by atomic mass is 32.2. The molecule has 1 aliphatic heterocycles. The Morgan fingerprint density at radius 1 is 1.21 bits per heavy atom. The lowest BCUT2D eigenvalue weighted by atomic mass is 9.94. The van der Waals surface area contributed by atoms with Crippen LogP contribution in [0.25, 0.3) is 0 Å². The third-order valence-corrected chi connectivity index (χ3v) is 6.71. The van der Waals surface area contributed by atoms with Crippen LogP contribution in [0.5, 0.6) is 5.75 Å². The number of benzene rings is 1. The van der Waals surface area contributed by atoms with Crippen molar-refractivity contribution < 1.29 is 22.7 Å². The molecule has 1 aromatic carbocycles. The van der Waals surface area contributed by atoms with Gasteiger partial charge in [0.1, 0.15) is 11.3 Å². The van der Waals surface area contributed by atoms with Crippen LogP contribution in [0.2, 0.25) is 0 Å². The van der Waals surface area contributed by atoms with E-state index in [1.54, 1.807) is 38.3 Å². The fraction of sp³-hybridized carbons (Fsp3) is 0.579. The van der Waals surface area contributed by atoms with Gasteiger partial charge in [0.25, 0.3) is 0 Å². The number of nitrogens with zero attached hydrogens (tertiary/aromatic N) is 2. The van der Waals surface area contributed by atoms with E-state index in [1.165, 1.54) is 4.90 Å². The van der Waals surface area contributed by atoms with Crippen molar-refractivity contribution in [2.45, 2.75) is 44.2 Å². The van der Waals surface area contributed by atoms with Gasteiger partial charge in [-0.15, -0.1) is 0 Å². The Morgan fingerprint density at radius 3 is 2.36 bits per heavy atom. The Labute approximate surface area is 165 Å². The van der Waals surface area contributed by atoms with E-state index < -0.39 is 21.5 Å². The van der Waals surface area contributed by atoms with Crippen LogP contribution in [-0.4, -0.2) is 62.6 Å². The number of ether oxygens (including phenoxy) is 1. The zero-order chi connectivity index (χ0) is 20.5. The molecule has 154 valence electrons. The lowest BCUT2D eigenvalue weighted by Gasteiger charge is -2.46. The van der Waals surface area contributed by atoms with E-state index in [2.05, 4.69) is 5.32 Å². The largest absolute Gasteiger partial charge is 0.497 e. The predicted octanol–water partition coefficient (Wildman–Crippen LogP) is 1.12. The quantitative estimate of drug-likeness (QED) is 0.786. The number of carbonyl (C=O) groups is 2. The molecule has 2 aliphatic rings. The van der Waals surface area contributed by atoms with E-state index >= 15 is 0 Å². The number of hydrogen-bond acceptors (Lipinski definition) is 5. The standard InChI is InChI=1S/C19H27N3O5S/c1-19(18(24)20-14-6-4-5-7-14)13-21(28(3,25)26)12-17(23)22(19)15-8-10-16(27-2)11-9-15/h8-11,14H,4-7,12-13H2,1-3H3,(H,20,24)/t19-/m0/s1. The SMILES string of the molecule is COc1ccc(N2C(=O)CN(S(C)(=O)=O)C[C@@]2(C)C(=O)NC2CCCC2)cc1. The van der Waals surface area contributed by atoms with Gasteiger partial charge in [-0.05, 0) is 44.0 Å². The van der Waals surface area contributed by atoms with Crippen LogP contribution in [0, 0.1) is 0 Å². The van der Waals surface area contributed by atoms with Gasteiger partial charge in [-0.2, -0.15) is 4.31 Å².